The molecular weight excluding hydrogens is 562 g/mol. The number of pyridine rings is 1. The Hall–Kier alpha value is -4.39. The number of rotatable bonds is 6. The van der Waals surface area contributed by atoms with E-state index < -0.39 is 0 Å². The Morgan fingerprint density at radius 1 is 0.911 bits per heavy atom. The van der Waals surface area contributed by atoms with Crippen molar-refractivity contribution in [2.45, 2.75) is 38.3 Å². The highest BCUT2D eigenvalue weighted by Gasteiger charge is 2.30. The number of aromatic nitrogens is 3. The normalized spacial score (nSPS) is 20.1. The van der Waals surface area contributed by atoms with Crippen molar-refractivity contribution in [1.82, 2.24) is 19.4 Å². The molecule has 1 atom stereocenters. The van der Waals surface area contributed by atoms with E-state index in [1.165, 1.54) is 25.1 Å². The molecule has 2 aromatic carbocycles. The van der Waals surface area contributed by atoms with Crippen LogP contribution in [-0.2, 0) is 11.3 Å². The third kappa shape index (κ3) is 6.13. The van der Waals surface area contributed by atoms with E-state index in [2.05, 4.69) is 85.4 Å². The number of piperazine rings is 1. The van der Waals surface area contributed by atoms with Gasteiger partial charge >= 0.3 is 0 Å². The monoisotopic (exact) mass is 601 g/mol. The first-order valence-corrected chi connectivity index (χ1v) is 16.4. The highest BCUT2D eigenvalue weighted by Crippen LogP contribution is 2.29. The lowest BCUT2D eigenvalue weighted by molar-refractivity contribution is 0.122. The van der Waals surface area contributed by atoms with E-state index in [0.29, 0.717) is 35.7 Å². The zero-order valence-corrected chi connectivity index (χ0v) is 25.6. The van der Waals surface area contributed by atoms with Gasteiger partial charge in [-0.25, -0.2) is 4.98 Å². The molecule has 0 spiro atoms. The van der Waals surface area contributed by atoms with Gasteiger partial charge in [-0.1, -0.05) is 24.0 Å². The third-order valence-electron chi connectivity index (χ3n) is 9.52. The Morgan fingerprint density at radius 2 is 1.78 bits per heavy atom. The standard InChI is InChI=1S/C36H39N7O2/c44-35-28(9-8-26-6-7-26)22-29-23-37-36(38-30-10-12-31(13-11-30)42-16-15-40-14-2-5-33(40)25-42)39-34(29)43(35)24-27-3-1-4-32(21-27)41-17-19-45-20-18-41/h1,3-4,10-13,21-23,26,33H,2,5-7,14-20,24-25H2,(H,37,38,39). The van der Waals surface area contributed by atoms with Gasteiger partial charge in [-0.15, -0.1) is 0 Å². The number of fused-ring (bicyclic) bond motifs is 2. The molecule has 0 bridgehead atoms. The Labute approximate surface area is 263 Å². The molecule has 1 N–H and O–H groups in total. The average molecular weight is 602 g/mol. The minimum atomic E-state index is -0.121. The first-order valence-electron chi connectivity index (χ1n) is 16.4. The van der Waals surface area contributed by atoms with E-state index in [9.17, 15) is 4.79 Å². The van der Waals surface area contributed by atoms with Crippen LogP contribution in [0.25, 0.3) is 11.0 Å². The van der Waals surface area contributed by atoms with Gasteiger partial charge < -0.3 is 19.9 Å². The maximum atomic E-state index is 13.9. The molecule has 230 valence electrons. The van der Waals surface area contributed by atoms with E-state index in [4.69, 9.17) is 9.72 Å². The SMILES string of the molecule is O=c1c(C#CC2CC2)cc2cnc(Nc3ccc(N4CCN5CCCC5C4)cc3)nc2n1Cc1cccc(N2CCOCC2)c1. The third-order valence-corrected chi connectivity index (χ3v) is 9.52. The molecule has 1 aliphatic carbocycles. The van der Waals surface area contributed by atoms with Crippen molar-refractivity contribution in [2.75, 3.05) is 67.6 Å². The van der Waals surface area contributed by atoms with Gasteiger partial charge in [0.15, 0.2) is 0 Å². The highest BCUT2D eigenvalue weighted by atomic mass is 16.5. The number of benzene rings is 2. The molecule has 45 heavy (non-hydrogen) atoms. The fourth-order valence-corrected chi connectivity index (χ4v) is 6.83. The summed E-state index contributed by atoms with van der Waals surface area (Å²) in [6.07, 6.45) is 6.63. The number of morpholine rings is 1. The Bertz CT molecular complexity index is 1820. The number of nitrogens with one attached hydrogen (secondary N) is 1. The summed E-state index contributed by atoms with van der Waals surface area (Å²) >= 11 is 0. The van der Waals surface area contributed by atoms with E-state index in [1.54, 1.807) is 10.8 Å². The van der Waals surface area contributed by atoms with Crippen LogP contribution >= 0.6 is 0 Å². The van der Waals surface area contributed by atoms with Crippen LogP contribution in [-0.4, -0.2) is 78.0 Å². The van der Waals surface area contributed by atoms with Crippen LogP contribution in [0.1, 0.15) is 36.8 Å². The molecule has 9 nitrogen and oxygen atoms in total. The van der Waals surface area contributed by atoms with Gasteiger partial charge in [0.25, 0.3) is 5.56 Å². The lowest BCUT2D eigenvalue weighted by Crippen LogP contribution is -2.50. The zero-order valence-electron chi connectivity index (χ0n) is 25.6. The fraction of sp³-hybridized carbons (Fsp3) is 0.417. The van der Waals surface area contributed by atoms with Gasteiger partial charge in [-0.2, -0.15) is 4.98 Å². The van der Waals surface area contributed by atoms with Crippen LogP contribution in [0.5, 0.6) is 0 Å². The maximum absolute atomic E-state index is 13.9. The first-order chi connectivity index (χ1) is 22.2. The van der Waals surface area contributed by atoms with Crippen molar-refractivity contribution in [3.05, 3.63) is 82.3 Å². The van der Waals surface area contributed by atoms with Gasteiger partial charge in [0.05, 0.1) is 25.3 Å². The lowest BCUT2D eigenvalue weighted by Gasteiger charge is -2.38. The maximum Gasteiger partial charge on any atom is 0.268 e. The molecule has 9 heteroatoms. The summed E-state index contributed by atoms with van der Waals surface area (Å²) in [6, 6.07) is 19.5. The summed E-state index contributed by atoms with van der Waals surface area (Å²) in [5, 5.41) is 4.18. The summed E-state index contributed by atoms with van der Waals surface area (Å²) in [6.45, 7) is 8.12. The van der Waals surface area contributed by atoms with E-state index in [1.807, 2.05) is 6.07 Å². The number of hydrogen-bond donors (Lipinski definition) is 1. The smallest absolute Gasteiger partial charge is 0.268 e. The van der Waals surface area contributed by atoms with Gasteiger partial charge in [-0.05, 0) is 80.3 Å². The number of hydrogen-bond acceptors (Lipinski definition) is 8. The van der Waals surface area contributed by atoms with Crippen molar-refractivity contribution in [2.24, 2.45) is 5.92 Å². The molecule has 1 saturated carbocycles. The van der Waals surface area contributed by atoms with Crippen molar-refractivity contribution in [3.63, 3.8) is 0 Å². The van der Waals surface area contributed by atoms with Crippen LogP contribution in [0.3, 0.4) is 0 Å². The van der Waals surface area contributed by atoms with Gasteiger partial charge in [0.1, 0.15) is 5.65 Å². The molecule has 5 heterocycles. The molecule has 3 aliphatic heterocycles. The molecule has 0 radical (unpaired) electrons. The van der Waals surface area contributed by atoms with Crippen molar-refractivity contribution in [1.29, 1.82) is 0 Å². The van der Waals surface area contributed by atoms with E-state index >= 15 is 0 Å². The second kappa shape index (κ2) is 12.2. The van der Waals surface area contributed by atoms with Gasteiger partial charge in [-0.3, -0.25) is 14.3 Å². The first kappa shape index (κ1) is 28.1. The molecular formula is C36H39N7O2. The summed E-state index contributed by atoms with van der Waals surface area (Å²) in [5.41, 5.74) is 5.31. The fourth-order valence-electron chi connectivity index (χ4n) is 6.83. The van der Waals surface area contributed by atoms with Crippen LogP contribution in [0.4, 0.5) is 23.0 Å². The Balaban J connectivity index is 1.08. The molecule has 4 aromatic rings. The molecule has 4 aliphatic rings. The second-order valence-corrected chi connectivity index (χ2v) is 12.7. The predicted octanol–water partition coefficient (Wildman–Crippen LogP) is 4.47. The molecule has 4 fully saturated rings. The Morgan fingerprint density at radius 3 is 2.62 bits per heavy atom. The molecule has 3 saturated heterocycles. The van der Waals surface area contributed by atoms with Crippen molar-refractivity contribution >= 4 is 34.0 Å². The van der Waals surface area contributed by atoms with Crippen molar-refractivity contribution in [3.8, 4) is 11.8 Å². The zero-order chi connectivity index (χ0) is 30.2. The van der Waals surface area contributed by atoms with E-state index in [0.717, 1.165) is 81.1 Å². The minimum absolute atomic E-state index is 0.121. The quantitative estimate of drug-likeness (QED) is 0.325. The average Bonchev–Trinajstić information content (AvgIpc) is 3.80. The van der Waals surface area contributed by atoms with Gasteiger partial charge in [0.2, 0.25) is 5.95 Å². The van der Waals surface area contributed by atoms with Crippen LogP contribution in [0.2, 0.25) is 0 Å². The lowest BCUT2D eigenvalue weighted by atomic mass is 10.1. The predicted molar refractivity (Wildman–Crippen MR) is 179 cm³/mol. The van der Waals surface area contributed by atoms with Crippen molar-refractivity contribution < 1.29 is 4.74 Å². The van der Waals surface area contributed by atoms with E-state index in [-0.39, 0.29) is 5.56 Å². The van der Waals surface area contributed by atoms with Crippen LogP contribution in [0.15, 0.2) is 65.6 Å². The highest BCUT2D eigenvalue weighted by molar-refractivity contribution is 5.78. The summed E-state index contributed by atoms with van der Waals surface area (Å²) in [5.74, 6) is 7.30. The largest absolute Gasteiger partial charge is 0.378 e. The number of ether oxygens (including phenoxy) is 1. The second-order valence-electron chi connectivity index (χ2n) is 12.7. The molecule has 8 rings (SSSR count). The van der Waals surface area contributed by atoms with Gasteiger partial charge in [0, 0.05) is 73.3 Å². The minimum Gasteiger partial charge on any atom is -0.378 e. The summed E-state index contributed by atoms with van der Waals surface area (Å²) in [7, 11) is 0. The molecule has 0 amide bonds. The number of anilines is 4. The summed E-state index contributed by atoms with van der Waals surface area (Å²) in [4.78, 5) is 30.9. The number of nitrogens with zero attached hydrogens (tertiary/aromatic N) is 6. The van der Waals surface area contributed by atoms with Crippen LogP contribution in [0, 0.1) is 17.8 Å². The van der Waals surface area contributed by atoms with Crippen LogP contribution < -0.4 is 20.7 Å². The summed E-state index contributed by atoms with van der Waals surface area (Å²) < 4.78 is 7.30. The molecule has 1 unspecified atom stereocenters. The molecule has 2 aromatic heterocycles. The Kier molecular flexibility index (Phi) is 7.61. The topological polar surface area (TPSA) is 78.8 Å².